The highest BCUT2D eigenvalue weighted by Gasteiger charge is 2.18. The Hall–Kier alpha value is -1.29. The summed E-state index contributed by atoms with van der Waals surface area (Å²) in [5.74, 6) is 1.69. The third-order valence-corrected chi connectivity index (χ3v) is 4.06. The molecule has 1 heterocycles. The maximum atomic E-state index is 5.96. The summed E-state index contributed by atoms with van der Waals surface area (Å²) in [4.78, 5) is 4.64. The number of nitrogens with zero attached hydrogens (tertiary/aromatic N) is 1. The molecule has 1 fully saturated rings. The van der Waals surface area contributed by atoms with Crippen molar-refractivity contribution in [2.45, 2.75) is 65.0 Å². The van der Waals surface area contributed by atoms with Crippen molar-refractivity contribution in [2.75, 3.05) is 17.2 Å². The molecule has 4 heteroatoms. The molecule has 2 rings (SSSR count). The molecule has 118 valence electrons. The summed E-state index contributed by atoms with van der Waals surface area (Å²) in [6.07, 6.45) is 4.81. The topological polar surface area (TPSA) is 63.0 Å². The number of anilines is 2. The number of hydrogen-bond acceptors (Lipinski definition) is 4. The van der Waals surface area contributed by atoms with Crippen LogP contribution in [0.2, 0.25) is 0 Å². The van der Waals surface area contributed by atoms with Crippen LogP contribution in [0.3, 0.4) is 0 Å². The van der Waals surface area contributed by atoms with Gasteiger partial charge in [0.25, 0.3) is 0 Å². The molecular formula is C17H30N4. The van der Waals surface area contributed by atoms with Crippen molar-refractivity contribution < 1.29 is 0 Å². The summed E-state index contributed by atoms with van der Waals surface area (Å²) in [7, 11) is 0. The minimum absolute atomic E-state index is 0.0370. The Morgan fingerprint density at radius 2 is 1.86 bits per heavy atom. The van der Waals surface area contributed by atoms with Crippen LogP contribution in [0.5, 0.6) is 0 Å². The molecule has 1 aromatic rings. The molecule has 0 bridgehead atoms. The first-order valence-electron chi connectivity index (χ1n) is 8.09. The first-order valence-corrected chi connectivity index (χ1v) is 8.09. The molecule has 4 N–H and O–H groups in total. The molecule has 0 amide bonds. The van der Waals surface area contributed by atoms with Crippen LogP contribution in [0.15, 0.2) is 12.1 Å². The Labute approximate surface area is 128 Å². The molecule has 0 radical (unpaired) electrons. The van der Waals surface area contributed by atoms with Gasteiger partial charge < -0.3 is 16.4 Å². The van der Waals surface area contributed by atoms with Gasteiger partial charge in [-0.2, -0.15) is 0 Å². The number of aryl methyl sites for hydroxylation is 1. The van der Waals surface area contributed by atoms with E-state index in [1.54, 1.807) is 0 Å². The van der Waals surface area contributed by atoms with Gasteiger partial charge in [0, 0.05) is 18.1 Å². The van der Waals surface area contributed by atoms with E-state index in [1.807, 2.05) is 0 Å². The van der Waals surface area contributed by atoms with E-state index in [0.29, 0.717) is 6.04 Å². The Bertz CT molecular complexity index is 456. The fraction of sp³-hybridized carbons (Fsp3) is 0.706. The standard InChI is InChI=1S/C17H30N4/c1-12-15(9-10-16(20-12)21-17(2,3)4)19-11-13-5-7-14(18)8-6-13/h9-10,13-14,19H,5-8,11,18H2,1-4H3,(H,20,21). The highest BCUT2D eigenvalue weighted by atomic mass is 15.0. The van der Waals surface area contributed by atoms with Crippen LogP contribution in [-0.4, -0.2) is 23.1 Å². The van der Waals surface area contributed by atoms with E-state index in [4.69, 9.17) is 5.73 Å². The third kappa shape index (κ3) is 5.20. The van der Waals surface area contributed by atoms with E-state index in [1.165, 1.54) is 12.8 Å². The predicted molar refractivity (Wildman–Crippen MR) is 90.8 cm³/mol. The Balaban J connectivity index is 1.89. The second kappa shape index (κ2) is 6.65. The minimum atomic E-state index is 0.0370. The number of pyridine rings is 1. The number of nitrogens with one attached hydrogen (secondary N) is 2. The summed E-state index contributed by atoms with van der Waals surface area (Å²) in [5, 5.41) is 6.96. The van der Waals surface area contributed by atoms with Crippen molar-refractivity contribution in [3.05, 3.63) is 17.8 Å². The molecule has 0 atom stereocenters. The molecule has 0 aromatic carbocycles. The Kier molecular flexibility index (Phi) is 5.09. The van der Waals surface area contributed by atoms with E-state index >= 15 is 0 Å². The lowest BCUT2D eigenvalue weighted by atomic mass is 9.86. The summed E-state index contributed by atoms with van der Waals surface area (Å²) >= 11 is 0. The quantitative estimate of drug-likeness (QED) is 0.794. The number of aromatic nitrogens is 1. The molecule has 0 unspecified atom stereocenters. The van der Waals surface area contributed by atoms with Crippen LogP contribution in [0, 0.1) is 12.8 Å². The lowest BCUT2D eigenvalue weighted by Gasteiger charge is -2.27. The average Bonchev–Trinajstić information content (AvgIpc) is 2.38. The van der Waals surface area contributed by atoms with Crippen molar-refractivity contribution in [2.24, 2.45) is 11.7 Å². The van der Waals surface area contributed by atoms with Crippen molar-refractivity contribution in [3.8, 4) is 0 Å². The van der Waals surface area contributed by atoms with Gasteiger partial charge in [-0.05, 0) is 71.4 Å². The molecule has 1 aliphatic carbocycles. The molecule has 0 aliphatic heterocycles. The van der Waals surface area contributed by atoms with Crippen LogP contribution in [0.1, 0.15) is 52.1 Å². The maximum Gasteiger partial charge on any atom is 0.126 e. The van der Waals surface area contributed by atoms with Crippen LogP contribution >= 0.6 is 0 Å². The summed E-state index contributed by atoms with van der Waals surface area (Å²) in [6.45, 7) is 9.52. The van der Waals surface area contributed by atoms with E-state index in [-0.39, 0.29) is 5.54 Å². The zero-order chi connectivity index (χ0) is 15.5. The second-order valence-electron chi connectivity index (χ2n) is 7.37. The molecule has 0 saturated heterocycles. The molecule has 1 saturated carbocycles. The van der Waals surface area contributed by atoms with Gasteiger partial charge >= 0.3 is 0 Å². The van der Waals surface area contributed by atoms with Crippen molar-refractivity contribution >= 4 is 11.5 Å². The van der Waals surface area contributed by atoms with Gasteiger partial charge in [-0.25, -0.2) is 4.98 Å². The first kappa shape index (κ1) is 16.1. The van der Waals surface area contributed by atoms with Crippen LogP contribution in [0.25, 0.3) is 0 Å². The largest absolute Gasteiger partial charge is 0.383 e. The molecular weight excluding hydrogens is 260 g/mol. The van der Waals surface area contributed by atoms with Crippen molar-refractivity contribution in [1.82, 2.24) is 4.98 Å². The zero-order valence-electron chi connectivity index (χ0n) is 13.9. The van der Waals surface area contributed by atoms with Crippen LogP contribution < -0.4 is 16.4 Å². The average molecular weight is 290 g/mol. The lowest BCUT2D eigenvalue weighted by Crippen LogP contribution is -2.29. The summed E-state index contributed by atoms with van der Waals surface area (Å²) < 4.78 is 0. The predicted octanol–water partition coefficient (Wildman–Crippen LogP) is 3.53. The summed E-state index contributed by atoms with van der Waals surface area (Å²) in [6, 6.07) is 4.61. The normalized spacial score (nSPS) is 22.9. The zero-order valence-corrected chi connectivity index (χ0v) is 13.9. The van der Waals surface area contributed by atoms with Gasteiger partial charge in [0.2, 0.25) is 0 Å². The monoisotopic (exact) mass is 290 g/mol. The molecule has 4 nitrogen and oxygen atoms in total. The third-order valence-electron chi connectivity index (χ3n) is 4.06. The molecule has 1 aliphatic rings. The fourth-order valence-electron chi connectivity index (χ4n) is 2.85. The van der Waals surface area contributed by atoms with Gasteiger partial charge in [0.05, 0.1) is 11.4 Å². The van der Waals surface area contributed by atoms with Crippen molar-refractivity contribution in [3.63, 3.8) is 0 Å². The van der Waals surface area contributed by atoms with Crippen molar-refractivity contribution in [1.29, 1.82) is 0 Å². The Morgan fingerprint density at radius 3 is 2.43 bits per heavy atom. The second-order valence-corrected chi connectivity index (χ2v) is 7.37. The fourth-order valence-corrected chi connectivity index (χ4v) is 2.85. The van der Waals surface area contributed by atoms with Gasteiger partial charge in [-0.3, -0.25) is 0 Å². The number of nitrogens with two attached hydrogens (primary N) is 1. The van der Waals surface area contributed by atoms with Gasteiger partial charge in [-0.15, -0.1) is 0 Å². The highest BCUT2D eigenvalue weighted by molar-refractivity contribution is 5.53. The molecule has 0 spiro atoms. The summed E-state index contributed by atoms with van der Waals surface area (Å²) in [5.41, 5.74) is 8.19. The minimum Gasteiger partial charge on any atom is -0.383 e. The Morgan fingerprint density at radius 1 is 1.19 bits per heavy atom. The van der Waals surface area contributed by atoms with Gasteiger partial charge in [0.1, 0.15) is 5.82 Å². The van der Waals surface area contributed by atoms with E-state index in [0.717, 1.165) is 42.5 Å². The van der Waals surface area contributed by atoms with Crippen LogP contribution in [-0.2, 0) is 0 Å². The first-order chi connectivity index (χ1) is 9.83. The SMILES string of the molecule is Cc1nc(NC(C)(C)C)ccc1NCC1CCC(N)CC1. The molecule has 1 aromatic heterocycles. The van der Waals surface area contributed by atoms with Gasteiger partial charge in [0.15, 0.2) is 0 Å². The smallest absolute Gasteiger partial charge is 0.126 e. The lowest BCUT2D eigenvalue weighted by molar-refractivity contribution is 0.339. The maximum absolute atomic E-state index is 5.96. The highest BCUT2D eigenvalue weighted by Crippen LogP contribution is 2.24. The van der Waals surface area contributed by atoms with E-state index < -0.39 is 0 Å². The van der Waals surface area contributed by atoms with Crippen LogP contribution in [0.4, 0.5) is 11.5 Å². The number of hydrogen-bond donors (Lipinski definition) is 3. The van der Waals surface area contributed by atoms with E-state index in [9.17, 15) is 0 Å². The van der Waals surface area contributed by atoms with E-state index in [2.05, 4.69) is 55.4 Å². The molecule has 21 heavy (non-hydrogen) atoms. The number of rotatable bonds is 4. The van der Waals surface area contributed by atoms with Gasteiger partial charge in [-0.1, -0.05) is 0 Å².